The number of hydrogen-bond donors (Lipinski definition) is 2. The predicted molar refractivity (Wildman–Crippen MR) is 161 cm³/mol. The van der Waals surface area contributed by atoms with E-state index in [4.69, 9.17) is 0 Å². The summed E-state index contributed by atoms with van der Waals surface area (Å²) in [5.41, 5.74) is 1.09. The lowest BCUT2D eigenvalue weighted by atomic mass is 10.2. The molecule has 1 saturated heterocycles. The first-order valence-corrected chi connectivity index (χ1v) is 16.8. The third-order valence-corrected chi connectivity index (χ3v) is 10.3. The van der Waals surface area contributed by atoms with Crippen molar-refractivity contribution in [1.29, 1.82) is 0 Å². The van der Waals surface area contributed by atoms with Crippen molar-refractivity contribution >= 4 is 66.0 Å². The summed E-state index contributed by atoms with van der Waals surface area (Å²) in [7, 11) is -3.58. The van der Waals surface area contributed by atoms with Gasteiger partial charge >= 0.3 is 0 Å². The van der Waals surface area contributed by atoms with Crippen molar-refractivity contribution < 1.29 is 18.0 Å². The molecule has 15 heteroatoms. The lowest BCUT2D eigenvalue weighted by Gasteiger charge is -2.25. The molecule has 0 saturated carbocycles. The average Bonchev–Trinajstić information content (AvgIpc) is 3.65. The Morgan fingerprint density at radius 3 is 2.41 bits per heavy atom. The summed E-state index contributed by atoms with van der Waals surface area (Å²) >= 11 is 5.98. The number of piperidine rings is 1. The highest BCUT2D eigenvalue weighted by Crippen LogP contribution is 2.25. The molecule has 3 heterocycles. The molecule has 1 aliphatic heterocycles. The van der Waals surface area contributed by atoms with Gasteiger partial charge < -0.3 is 10.6 Å². The topological polar surface area (TPSA) is 139 Å². The molecule has 0 bridgehead atoms. The van der Waals surface area contributed by atoms with Crippen molar-refractivity contribution in [2.75, 3.05) is 24.2 Å². The Bertz CT molecular complexity index is 1600. The summed E-state index contributed by atoms with van der Waals surface area (Å²) in [6, 6.07) is 13.5. The van der Waals surface area contributed by atoms with Gasteiger partial charge in [0.15, 0.2) is 16.1 Å². The molecule has 1 fully saturated rings. The second-order valence-corrected chi connectivity index (χ2v) is 13.7. The molecule has 0 spiro atoms. The number of amides is 2. The maximum atomic E-state index is 12.9. The van der Waals surface area contributed by atoms with Crippen molar-refractivity contribution in [3.63, 3.8) is 0 Å². The van der Waals surface area contributed by atoms with E-state index in [1.165, 1.54) is 51.7 Å². The van der Waals surface area contributed by atoms with Crippen LogP contribution in [0, 0.1) is 0 Å². The van der Waals surface area contributed by atoms with Gasteiger partial charge in [-0.05, 0) is 61.4 Å². The molecular formula is C26H26BrN7O4S3. The number of rotatable bonds is 10. The van der Waals surface area contributed by atoms with Gasteiger partial charge in [-0.2, -0.15) is 4.31 Å². The van der Waals surface area contributed by atoms with Gasteiger partial charge in [0, 0.05) is 40.4 Å². The van der Waals surface area contributed by atoms with E-state index >= 15 is 0 Å². The standard InChI is InChI=1S/C26H26BrN7O4S3/c27-19-6-8-20(9-7-19)34-22(31-32-26(34)40-17-23(35)30-25-28-12-15-39-25)16-29-24(36)18-4-10-21(11-5-18)41(37,38)33-13-2-1-3-14-33/h4-12,15H,1-3,13-14,16-17H2,(H,29,36)(H,28,30,35). The fourth-order valence-corrected chi connectivity index (χ4v) is 7.32. The minimum absolute atomic E-state index is 0.0571. The molecule has 41 heavy (non-hydrogen) atoms. The summed E-state index contributed by atoms with van der Waals surface area (Å²) in [4.78, 5) is 29.6. The molecule has 11 nitrogen and oxygen atoms in total. The number of sulfonamides is 1. The van der Waals surface area contributed by atoms with Crippen LogP contribution in [-0.4, -0.2) is 63.1 Å². The van der Waals surface area contributed by atoms with E-state index in [1.807, 2.05) is 24.3 Å². The Hall–Kier alpha value is -3.11. The predicted octanol–water partition coefficient (Wildman–Crippen LogP) is 4.32. The Morgan fingerprint density at radius 1 is 1.00 bits per heavy atom. The molecule has 0 unspecified atom stereocenters. The quantitative estimate of drug-likeness (QED) is 0.237. The van der Waals surface area contributed by atoms with Gasteiger partial charge in [0.1, 0.15) is 0 Å². The minimum atomic E-state index is -3.58. The number of carbonyl (C=O) groups is 2. The van der Waals surface area contributed by atoms with E-state index < -0.39 is 10.0 Å². The van der Waals surface area contributed by atoms with Gasteiger partial charge in [-0.3, -0.25) is 14.2 Å². The molecule has 2 amide bonds. The van der Waals surface area contributed by atoms with Crippen LogP contribution in [0.2, 0.25) is 0 Å². The monoisotopic (exact) mass is 675 g/mol. The molecule has 0 radical (unpaired) electrons. The van der Waals surface area contributed by atoms with Gasteiger partial charge in [0.05, 0.1) is 17.2 Å². The first-order chi connectivity index (χ1) is 19.8. The Balaban J connectivity index is 1.27. The number of aromatic nitrogens is 4. The number of nitrogens with zero attached hydrogens (tertiary/aromatic N) is 5. The lowest BCUT2D eigenvalue weighted by molar-refractivity contribution is -0.113. The summed E-state index contributed by atoms with van der Waals surface area (Å²) in [5, 5.41) is 16.9. The maximum absolute atomic E-state index is 12.9. The summed E-state index contributed by atoms with van der Waals surface area (Å²) in [6.45, 7) is 1.09. The Labute approximate surface area is 254 Å². The van der Waals surface area contributed by atoms with Crippen LogP contribution in [0.25, 0.3) is 5.69 Å². The Kier molecular flexibility index (Phi) is 9.49. The van der Waals surface area contributed by atoms with Gasteiger partial charge in [-0.1, -0.05) is 34.1 Å². The number of hydrogen-bond acceptors (Lipinski definition) is 9. The van der Waals surface area contributed by atoms with E-state index in [2.05, 4.69) is 41.7 Å². The number of halogens is 1. The smallest absolute Gasteiger partial charge is 0.251 e. The third kappa shape index (κ3) is 7.22. The van der Waals surface area contributed by atoms with Crippen LogP contribution in [0.15, 0.2) is 74.6 Å². The van der Waals surface area contributed by atoms with Gasteiger partial charge in [-0.25, -0.2) is 13.4 Å². The Morgan fingerprint density at radius 2 is 1.73 bits per heavy atom. The van der Waals surface area contributed by atoms with Crippen LogP contribution < -0.4 is 10.6 Å². The normalized spacial score (nSPS) is 14.1. The molecule has 2 N–H and O–H groups in total. The van der Waals surface area contributed by atoms with Gasteiger partial charge in [-0.15, -0.1) is 21.5 Å². The fourth-order valence-electron chi connectivity index (χ4n) is 4.22. The maximum Gasteiger partial charge on any atom is 0.251 e. The molecule has 2 aromatic heterocycles. The highest BCUT2D eigenvalue weighted by atomic mass is 79.9. The molecular weight excluding hydrogens is 650 g/mol. The van der Waals surface area contributed by atoms with E-state index in [9.17, 15) is 18.0 Å². The molecule has 214 valence electrons. The summed E-state index contributed by atoms with van der Waals surface area (Å²) in [6.07, 6.45) is 4.35. The van der Waals surface area contributed by atoms with E-state index in [0.717, 1.165) is 29.4 Å². The van der Waals surface area contributed by atoms with Crippen molar-refractivity contribution in [3.05, 3.63) is 76.0 Å². The molecule has 5 rings (SSSR count). The van der Waals surface area contributed by atoms with Crippen LogP contribution in [0.4, 0.5) is 5.13 Å². The van der Waals surface area contributed by atoms with Crippen molar-refractivity contribution in [3.8, 4) is 5.69 Å². The van der Waals surface area contributed by atoms with Crippen LogP contribution in [0.5, 0.6) is 0 Å². The number of carbonyl (C=O) groups excluding carboxylic acids is 2. The third-order valence-electron chi connectivity index (χ3n) is 6.27. The van der Waals surface area contributed by atoms with Crippen molar-refractivity contribution in [2.24, 2.45) is 0 Å². The van der Waals surface area contributed by atoms with E-state index in [0.29, 0.717) is 34.8 Å². The van der Waals surface area contributed by atoms with Crippen LogP contribution in [-0.2, 0) is 21.4 Å². The fraction of sp³-hybridized carbons (Fsp3) is 0.269. The number of benzene rings is 2. The number of thioether (sulfide) groups is 1. The van der Waals surface area contributed by atoms with Crippen molar-refractivity contribution in [1.82, 2.24) is 29.4 Å². The van der Waals surface area contributed by atoms with E-state index in [1.54, 1.807) is 16.1 Å². The summed E-state index contributed by atoms with van der Waals surface area (Å²) < 4.78 is 30.0. The zero-order chi connectivity index (χ0) is 28.8. The van der Waals surface area contributed by atoms with Crippen LogP contribution in [0.1, 0.15) is 35.4 Å². The second-order valence-electron chi connectivity index (χ2n) is 9.06. The highest BCUT2D eigenvalue weighted by molar-refractivity contribution is 9.10. The molecule has 0 aliphatic carbocycles. The van der Waals surface area contributed by atoms with Gasteiger partial charge in [0.2, 0.25) is 15.9 Å². The molecule has 4 aromatic rings. The average molecular weight is 677 g/mol. The molecule has 0 atom stereocenters. The van der Waals surface area contributed by atoms with Crippen molar-refractivity contribution in [2.45, 2.75) is 35.9 Å². The van der Waals surface area contributed by atoms with Gasteiger partial charge in [0.25, 0.3) is 5.91 Å². The van der Waals surface area contributed by atoms with Crippen LogP contribution in [0.3, 0.4) is 0 Å². The SMILES string of the molecule is O=C(CSc1nnc(CNC(=O)c2ccc(S(=O)(=O)N3CCCCC3)cc2)n1-c1ccc(Br)cc1)Nc1nccs1. The molecule has 1 aliphatic rings. The largest absolute Gasteiger partial charge is 0.345 e. The summed E-state index contributed by atoms with van der Waals surface area (Å²) in [5.74, 6) is -0.0502. The van der Waals surface area contributed by atoms with Crippen LogP contribution >= 0.6 is 39.0 Å². The zero-order valence-corrected chi connectivity index (χ0v) is 25.7. The number of thiazole rings is 1. The molecule has 2 aromatic carbocycles. The lowest BCUT2D eigenvalue weighted by Crippen LogP contribution is -2.35. The minimum Gasteiger partial charge on any atom is -0.345 e. The first-order valence-electron chi connectivity index (χ1n) is 12.7. The number of anilines is 1. The second kappa shape index (κ2) is 13.2. The van der Waals surface area contributed by atoms with E-state index in [-0.39, 0.29) is 29.0 Å². The first kappa shape index (κ1) is 29.4. The number of nitrogens with one attached hydrogen (secondary N) is 2. The highest BCUT2D eigenvalue weighted by Gasteiger charge is 2.26. The zero-order valence-electron chi connectivity index (χ0n) is 21.7.